The summed E-state index contributed by atoms with van der Waals surface area (Å²) in [6.45, 7) is 5.58. The first-order valence-electron chi connectivity index (χ1n) is 7.26. The lowest BCUT2D eigenvalue weighted by Gasteiger charge is -2.17. The Labute approximate surface area is 115 Å². The summed E-state index contributed by atoms with van der Waals surface area (Å²) in [5.41, 5.74) is 5.67. The number of hydrogen-bond donors (Lipinski definition) is 3. The van der Waals surface area contributed by atoms with Gasteiger partial charge in [-0.2, -0.15) is 0 Å². The smallest absolute Gasteiger partial charge is 0.242 e. The van der Waals surface area contributed by atoms with E-state index in [0.717, 1.165) is 32.1 Å². The average Bonchev–Trinajstić information content (AvgIpc) is 3.11. The molecule has 1 fully saturated rings. The molecule has 3 unspecified atom stereocenters. The predicted octanol–water partition coefficient (Wildman–Crippen LogP) is 0.923. The Morgan fingerprint density at radius 1 is 1.16 bits per heavy atom. The topological polar surface area (TPSA) is 84.2 Å². The highest BCUT2D eigenvalue weighted by Crippen LogP contribution is 2.18. The molecule has 110 valence electrons. The summed E-state index contributed by atoms with van der Waals surface area (Å²) < 4.78 is 0. The fourth-order valence-electron chi connectivity index (χ4n) is 1.85. The van der Waals surface area contributed by atoms with Crippen LogP contribution in [0.15, 0.2) is 0 Å². The van der Waals surface area contributed by atoms with Gasteiger partial charge >= 0.3 is 0 Å². The molecule has 0 aromatic heterocycles. The van der Waals surface area contributed by atoms with Crippen molar-refractivity contribution in [1.82, 2.24) is 10.6 Å². The number of nitrogens with two attached hydrogens (primary N) is 1. The number of amides is 2. The monoisotopic (exact) mass is 269 g/mol. The van der Waals surface area contributed by atoms with Crippen molar-refractivity contribution in [3.63, 3.8) is 0 Å². The molecule has 0 radical (unpaired) electrons. The van der Waals surface area contributed by atoms with Crippen molar-refractivity contribution in [3.8, 4) is 0 Å². The van der Waals surface area contributed by atoms with Gasteiger partial charge in [0, 0.05) is 18.0 Å². The normalized spacial score (nSPS) is 19.4. The van der Waals surface area contributed by atoms with Crippen LogP contribution < -0.4 is 16.4 Å². The minimum Gasteiger partial charge on any atom is -0.352 e. The van der Waals surface area contributed by atoms with Crippen LogP contribution in [0.5, 0.6) is 0 Å². The van der Waals surface area contributed by atoms with Crippen molar-refractivity contribution < 1.29 is 9.59 Å². The number of hydrogen-bond acceptors (Lipinski definition) is 3. The van der Waals surface area contributed by atoms with E-state index >= 15 is 0 Å². The molecule has 0 saturated heterocycles. The molecule has 4 N–H and O–H groups in total. The van der Waals surface area contributed by atoms with Crippen LogP contribution in [0, 0.1) is 5.92 Å². The van der Waals surface area contributed by atoms with Crippen molar-refractivity contribution >= 4 is 11.8 Å². The standard InChI is InChI=1S/C14H27N3O2/c1-9(5-4-6-10(2)15)13(18)16-11(3)14(19)17-12-7-8-12/h9-12H,4-8,15H2,1-3H3,(H,16,18)(H,17,19). The van der Waals surface area contributed by atoms with Gasteiger partial charge in [-0.15, -0.1) is 0 Å². The third kappa shape index (κ3) is 6.57. The van der Waals surface area contributed by atoms with Crippen LogP contribution in [0.1, 0.15) is 52.9 Å². The zero-order valence-corrected chi connectivity index (χ0v) is 12.2. The Hall–Kier alpha value is -1.10. The van der Waals surface area contributed by atoms with Crippen LogP contribution in [-0.4, -0.2) is 29.9 Å². The molecule has 0 spiro atoms. The zero-order chi connectivity index (χ0) is 14.4. The summed E-state index contributed by atoms with van der Waals surface area (Å²) in [4.78, 5) is 23.6. The maximum Gasteiger partial charge on any atom is 0.242 e. The molecular formula is C14H27N3O2. The van der Waals surface area contributed by atoms with Crippen molar-refractivity contribution in [2.75, 3.05) is 0 Å². The van der Waals surface area contributed by atoms with E-state index in [4.69, 9.17) is 5.73 Å². The maximum atomic E-state index is 11.9. The highest BCUT2D eigenvalue weighted by Gasteiger charge is 2.26. The van der Waals surface area contributed by atoms with E-state index in [1.54, 1.807) is 6.92 Å². The molecule has 0 heterocycles. The van der Waals surface area contributed by atoms with E-state index in [1.165, 1.54) is 0 Å². The predicted molar refractivity (Wildman–Crippen MR) is 75.4 cm³/mol. The zero-order valence-electron chi connectivity index (χ0n) is 12.2. The van der Waals surface area contributed by atoms with E-state index in [0.29, 0.717) is 6.04 Å². The second-order valence-electron chi connectivity index (χ2n) is 5.82. The van der Waals surface area contributed by atoms with Crippen LogP contribution in [-0.2, 0) is 9.59 Å². The first kappa shape index (κ1) is 16.0. The van der Waals surface area contributed by atoms with E-state index in [-0.39, 0.29) is 23.8 Å². The summed E-state index contributed by atoms with van der Waals surface area (Å²) in [6.07, 6.45) is 4.79. The maximum absolute atomic E-state index is 11.9. The number of carbonyl (C=O) groups is 2. The Kier molecular flexibility index (Phi) is 6.28. The number of nitrogens with one attached hydrogen (secondary N) is 2. The Bertz CT molecular complexity index is 314. The van der Waals surface area contributed by atoms with Crippen LogP contribution in [0.25, 0.3) is 0 Å². The Morgan fingerprint density at radius 3 is 2.32 bits per heavy atom. The molecule has 1 rings (SSSR count). The molecule has 5 heteroatoms. The number of rotatable bonds is 8. The molecule has 0 aromatic carbocycles. The molecule has 0 aliphatic heterocycles. The third-order valence-corrected chi connectivity index (χ3v) is 3.42. The van der Waals surface area contributed by atoms with Crippen molar-refractivity contribution in [2.45, 2.75) is 71.0 Å². The molecule has 19 heavy (non-hydrogen) atoms. The van der Waals surface area contributed by atoms with Crippen LogP contribution >= 0.6 is 0 Å². The van der Waals surface area contributed by atoms with Gasteiger partial charge in [-0.25, -0.2) is 0 Å². The quantitative estimate of drug-likeness (QED) is 0.612. The minimum absolute atomic E-state index is 0.0527. The molecule has 0 bridgehead atoms. The summed E-state index contributed by atoms with van der Waals surface area (Å²) >= 11 is 0. The van der Waals surface area contributed by atoms with Crippen molar-refractivity contribution in [3.05, 3.63) is 0 Å². The van der Waals surface area contributed by atoms with Gasteiger partial charge in [-0.3, -0.25) is 9.59 Å². The van der Waals surface area contributed by atoms with Crippen molar-refractivity contribution in [2.24, 2.45) is 11.7 Å². The van der Waals surface area contributed by atoms with E-state index < -0.39 is 6.04 Å². The first-order chi connectivity index (χ1) is 8.90. The lowest BCUT2D eigenvalue weighted by Crippen LogP contribution is -2.47. The van der Waals surface area contributed by atoms with Gasteiger partial charge in [-0.05, 0) is 39.5 Å². The van der Waals surface area contributed by atoms with Gasteiger partial charge in [0.25, 0.3) is 0 Å². The Morgan fingerprint density at radius 2 is 1.79 bits per heavy atom. The van der Waals surface area contributed by atoms with Crippen LogP contribution in [0.2, 0.25) is 0 Å². The largest absolute Gasteiger partial charge is 0.352 e. The molecule has 1 aliphatic carbocycles. The van der Waals surface area contributed by atoms with E-state index in [1.807, 2.05) is 13.8 Å². The van der Waals surface area contributed by atoms with Gasteiger partial charge in [0.05, 0.1) is 0 Å². The van der Waals surface area contributed by atoms with E-state index in [9.17, 15) is 9.59 Å². The van der Waals surface area contributed by atoms with Gasteiger partial charge in [0.2, 0.25) is 11.8 Å². The molecule has 5 nitrogen and oxygen atoms in total. The number of carbonyl (C=O) groups excluding carboxylic acids is 2. The summed E-state index contributed by atoms with van der Waals surface area (Å²) in [7, 11) is 0. The molecule has 0 aromatic rings. The Balaban J connectivity index is 2.21. The van der Waals surface area contributed by atoms with Gasteiger partial charge < -0.3 is 16.4 Å². The van der Waals surface area contributed by atoms with Gasteiger partial charge in [0.1, 0.15) is 6.04 Å². The van der Waals surface area contributed by atoms with E-state index in [2.05, 4.69) is 10.6 Å². The molecule has 2 amide bonds. The second kappa shape index (κ2) is 7.48. The van der Waals surface area contributed by atoms with Gasteiger partial charge in [0.15, 0.2) is 0 Å². The lowest BCUT2D eigenvalue weighted by atomic mass is 10.0. The fraction of sp³-hybridized carbons (Fsp3) is 0.857. The lowest BCUT2D eigenvalue weighted by molar-refractivity contribution is -0.130. The fourth-order valence-corrected chi connectivity index (χ4v) is 1.85. The van der Waals surface area contributed by atoms with Gasteiger partial charge in [-0.1, -0.05) is 13.3 Å². The highest BCUT2D eigenvalue weighted by molar-refractivity contribution is 5.88. The molecule has 1 aliphatic rings. The second-order valence-corrected chi connectivity index (χ2v) is 5.82. The SMILES string of the molecule is CC(N)CCCC(C)C(=O)NC(C)C(=O)NC1CC1. The average molecular weight is 269 g/mol. The van der Waals surface area contributed by atoms with Crippen molar-refractivity contribution in [1.29, 1.82) is 0 Å². The molecule has 1 saturated carbocycles. The van der Waals surface area contributed by atoms with Crippen LogP contribution in [0.3, 0.4) is 0 Å². The molecule has 3 atom stereocenters. The highest BCUT2D eigenvalue weighted by atomic mass is 16.2. The summed E-state index contributed by atoms with van der Waals surface area (Å²) in [5, 5.41) is 5.65. The minimum atomic E-state index is -0.455. The third-order valence-electron chi connectivity index (χ3n) is 3.42. The first-order valence-corrected chi connectivity index (χ1v) is 7.26. The molecular weight excluding hydrogens is 242 g/mol. The summed E-state index contributed by atoms with van der Waals surface area (Å²) in [6, 6.07) is 0.0535. The van der Waals surface area contributed by atoms with Crippen LogP contribution in [0.4, 0.5) is 0 Å². The summed E-state index contributed by atoms with van der Waals surface area (Å²) in [5.74, 6) is -0.211.